The van der Waals surface area contributed by atoms with Crippen molar-refractivity contribution < 1.29 is 0 Å². The maximum absolute atomic E-state index is 2.60. The van der Waals surface area contributed by atoms with Gasteiger partial charge in [0.25, 0.3) is 0 Å². The first-order valence-electron chi connectivity index (χ1n) is 2.17. The summed E-state index contributed by atoms with van der Waals surface area (Å²) in [6, 6.07) is 0. The van der Waals surface area contributed by atoms with E-state index in [1.54, 1.807) is 0 Å². The van der Waals surface area contributed by atoms with E-state index < -0.39 is 0 Å². The molecule has 1 heteroatoms. The summed E-state index contributed by atoms with van der Waals surface area (Å²) >= 11 is 2.60. The van der Waals surface area contributed by atoms with Crippen molar-refractivity contribution in [2.45, 2.75) is 26.0 Å². The molecule has 6 heavy (non-hydrogen) atoms. The van der Waals surface area contributed by atoms with Gasteiger partial charge in [0.2, 0.25) is 0 Å². The zero-order valence-corrected chi connectivity index (χ0v) is 6.53. The molecule has 0 unspecified atom stereocenters. The fourth-order valence-corrected chi connectivity index (χ4v) is 0. The quantitative estimate of drug-likeness (QED) is 0.455. The van der Waals surface area contributed by atoms with Crippen LogP contribution in [0.1, 0.15) is 20.8 Å². The van der Waals surface area contributed by atoms with Crippen molar-refractivity contribution in [2.75, 3.05) is 0 Å². The monoisotopic (exact) mass is 146 g/mol. The van der Waals surface area contributed by atoms with Gasteiger partial charge in [-0.05, 0) is 0 Å². The molecule has 0 saturated carbocycles. The van der Waals surface area contributed by atoms with Gasteiger partial charge in [-0.2, -0.15) is 0 Å². The SMILES string of the molecule is CC(C)(C)C[As]. The first kappa shape index (κ1) is 6.56. The van der Waals surface area contributed by atoms with Gasteiger partial charge in [0.15, 0.2) is 0 Å². The van der Waals surface area contributed by atoms with Crippen LogP contribution in [0, 0.1) is 5.41 Å². The van der Waals surface area contributed by atoms with Crippen molar-refractivity contribution in [2.24, 2.45) is 5.41 Å². The maximum atomic E-state index is 2.60. The summed E-state index contributed by atoms with van der Waals surface area (Å²) in [4.78, 5) is 0. The van der Waals surface area contributed by atoms with Gasteiger partial charge in [-0.3, -0.25) is 0 Å². The Labute approximate surface area is 48.8 Å². The van der Waals surface area contributed by atoms with Crippen molar-refractivity contribution in [3.05, 3.63) is 0 Å². The fraction of sp³-hybridized carbons (Fsp3) is 1.00. The van der Waals surface area contributed by atoms with Crippen LogP contribution < -0.4 is 0 Å². The number of hydrogen-bond acceptors (Lipinski definition) is 0. The van der Waals surface area contributed by atoms with Crippen molar-refractivity contribution in [3.63, 3.8) is 0 Å². The van der Waals surface area contributed by atoms with Gasteiger partial charge in [-0.15, -0.1) is 0 Å². The molecule has 0 aliphatic heterocycles. The van der Waals surface area contributed by atoms with Gasteiger partial charge in [0.05, 0.1) is 0 Å². The molecule has 0 nitrogen and oxygen atoms in total. The molecular formula is C5H11As. The molecule has 0 spiro atoms. The fourth-order valence-electron chi connectivity index (χ4n) is 0. The van der Waals surface area contributed by atoms with Crippen LogP contribution in [0.3, 0.4) is 0 Å². The van der Waals surface area contributed by atoms with Crippen LogP contribution in [-0.2, 0) is 0 Å². The summed E-state index contributed by atoms with van der Waals surface area (Å²) in [7, 11) is 0. The molecule has 0 aromatic carbocycles. The van der Waals surface area contributed by atoms with E-state index in [-0.39, 0.29) is 0 Å². The molecule has 0 rings (SSSR count). The van der Waals surface area contributed by atoms with Gasteiger partial charge in [0, 0.05) is 0 Å². The van der Waals surface area contributed by atoms with Crippen LogP contribution in [0.25, 0.3) is 0 Å². The minimum absolute atomic E-state index is 0.514. The van der Waals surface area contributed by atoms with E-state index in [4.69, 9.17) is 0 Å². The molecule has 36 valence electrons. The normalized spacial score (nSPS) is 12.0. The Balaban J connectivity index is 3.17. The van der Waals surface area contributed by atoms with E-state index in [9.17, 15) is 0 Å². The predicted molar refractivity (Wildman–Crippen MR) is 30.0 cm³/mol. The van der Waals surface area contributed by atoms with Crippen molar-refractivity contribution in [3.8, 4) is 0 Å². The van der Waals surface area contributed by atoms with Crippen LogP contribution in [0.4, 0.5) is 0 Å². The Kier molecular flexibility index (Phi) is 2.21. The second kappa shape index (κ2) is 2.02. The molecule has 0 saturated heterocycles. The molecule has 0 aliphatic rings. The average molecular weight is 146 g/mol. The minimum atomic E-state index is 0.514. The molecule has 0 atom stereocenters. The zero-order chi connectivity index (χ0) is 5.21. The number of hydrogen-bond donors (Lipinski definition) is 0. The topological polar surface area (TPSA) is 0 Å². The van der Waals surface area contributed by atoms with E-state index in [0.717, 1.165) is 0 Å². The van der Waals surface area contributed by atoms with Crippen LogP contribution in [-0.4, -0.2) is 16.9 Å². The van der Waals surface area contributed by atoms with Crippen LogP contribution in [0.5, 0.6) is 0 Å². The summed E-state index contributed by atoms with van der Waals surface area (Å²) in [5.74, 6) is 0. The van der Waals surface area contributed by atoms with Gasteiger partial charge < -0.3 is 0 Å². The van der Waals surface area contributed by atoms with E-state index in [1.165, 1.54) is 5.21 Å². The first-order chi connectivity index (χ1) is 2.56. The molecular weight excluding hydrogens is 135 g/mol. The molecule has 0 bridgehead atoms. The van der Waals surface area contributed by atoms with Crippen LogP contribution >= 0.6 is 0 Å². The van der Waals surface area contributed by atoms with Crippen LogP contribution in [0.15, 0.2) is 0 Å². The van der Waals surface area contributed by atoms with Crippen molar-refractivity contribution in [1.29, 1.82) is 0 Å². The van der Waals surface area contributed by atoms with E-state index in [0.29, 0.717) is 5.41 Å². The molecule has 0 N–H and O–H groups in total. The summed E-state index contributed by atoms with van der Waals surface area (Å²) < 4.78 is 0. The van der Waals surface area contributed by atoms with Crippen LogP contribution in [0.2, 0.25) is 5.21 Å². The molecule has 0 heterocycles. The first-order valence-corrected chi connectivity index (χ1v) is 3.50. The molecule has 0 aromatic heterocycles. The average Bonchev–Trinajstić information content (AvgIpc) is 1.35. The zero-order valence-electron chi connectivity index (χ0n) is 4.65. The summed E-state index contributed by atoms with van der Waals surface area (Å²) in [5, 5.41) is 1.21. The second-order valence-electron chi connectivity index (χ2n) is 2.72. The molecule has 0 fully saturated rings. The van der Waals surface area contributed by atoms with Crippen molar-refractivity contribution in [1.82, 2.24) is 0 Å². The third-order valence-corrected chi connectivity index (χ3v) is 2.46. The Morgan fingerprint density at radius 3 is 1.50 bits per heavy atom. The predicted octanol–water partition coefficient (Wildman–Crippen LogP) is 1.62. The van der Waals surface area contributed by atoms with E-state index >= 15 is 0 Å². The molecule has 0 aromatic rings. The molecule has 2 radical (unpaired) electrons. The Morgan fingerprint density at radius 2 is 1.50 bits per heavy atom. The summed E-state index contributed by atoms with van der Waals surface area (Å²) in [6.45, 7) is 6.68. The Morgan fingerprint density at radius 1 is 1.33 bits per heavy atom. The standard InChI is InChI=1S/C5H11As/c1-5(2,3)4-6/h4H2,1-3H3. The molecule has 0 aliphatic carbocycles. The van der Waals surface area contributed by atoms with Gasteiger partial charge in [-0.25, -0.2) is 0 Å². The second-order valence-corrected chi connectivity index (χ2v) is 3.38. The van der Waals surface area contributed by atoms with E-state index in [1.807, 2.05) is 0 Å². The van der Waals surface area contributed by atoms with Crippen molar-refractivity contribution >= 4 is 16.9 Å². The molecule has 0 amide bonds. The third-order valence-electron chi connectivity index (χ3n) is 0.474. The van der Waals surface area contributed by atoms with Gasteiger partial charge in [0.1, 0.15) is 0 Å². The third kappa shape index (κ3) is 4.56. The van der Waals surface area contributed by atoms with Gasteiger partial charge >= 0.3 is 48.2 Å². The summed E-state index contributed by atoms with van der Waals surface area (Å²) in [6.07, 6.45) is 0. The Bertz CT molecular complexity index is 33.7. The van der Waals surface area contributed by atoms with E-state index in [2.05, 4.69) is 37.6 Å². The van der Waals surface area contributed by atoms with Gasteiger partial charge in [-0.1, -0.05) is 0 Å². The number of rotatable bonds is 0. The summed E-state index contributed by atoms with van der Waals surface area (Å²) in [5.41, 5.74) is 0.514. The Hall–Kier alpha value is 0.558.